The highest BCUT2D eigenvalue weighted by atomic mass is 32.2. The zero-order chi connectivity index (χ0) is 26.0. The molecule has 0 spiro atoms. The van der Waals surface area contributed by atoms with Gasteiger partial charge in [-0.05, 0) is 59.4 Å². The lowest BCUT2D eigenvalue weighted by atomic mass is 9.98. The van der Waals surface area contributed by atoms with Crippen molar-refractivity contribution in [1.29, 1.82) is 0 Å². The minimum absolute atomic E-state index is 0.325. The van der Waals surface area contributed by atoms with Crippen LogP contribution >= 0.6 is 23.1 Å². The molecule has 7 nitrogen and oxygen atoms in total. The van der Waals surface area contributed by atoms with E-state index < -0.39 is 12.0 Å². The molecule has 0 saturated carbocycles. The second-order valence-corrected chi connectivity index (χ2v) is 10.2. The highest BCUT2D eigenvalue weighted by molar-refractivity contribution is 7.98. The molecule has 37 heavy (non-hydrogen) atoms. The summed E-state index contributed by atoms with van der Waals surface area (Å²) in [5.74, 6) is -0.0498. The smallest absolute Gasteiger partial charge is 0.328 e. The first-order valence-corrected chi connectivity index (χ1v) is 14.0. The Bertz CT molecular complexity index is 1340. The standard InChI is InChI=1S/C28H28N4O3S2/c1-35-28(34)25(8-12-36-2)31-26(33)23-15-20(14-22(17-23)21-6-4-3-5-7-21)16-24(27-30-10-13-37-27)18-32-11-9-29-19-32/h3-7,9-11,13-17,19,25H,8,12,18H2,1-2H3,(H,31,33)/t25-/m0/s1. The number of rotatable bonds is 11. The maximum absolute atomic E-state index is 13.4. The van der Waals surface area contributed by atoms with Gasteiger partial charge in [0.15, 0.2) is 0 Å². The average Bonchev–Trinajstić information content (AvgIpc) is 3.65. The number of amides is 1. The van der Waals surface area contributed by atoms with Crippen LogP contribution in [0.2, 0.25) is 0 Å². The first-order valence-electron chi connectivity index (χ1n) is 11.7. The van der Waals surface area contributed by atoms with Crippen LogP contribution < -0.4 is 5.32 Å². The van der Waals surface area contributed by atoms with Gasteiger partial charge in [0.05, 0.1) is 20.0 Å². The molecule has 0 saturated heterocycles. The van der Waals surface area contributed by atoms with Gasteiger partial charge in [0.2, 0.25) is 0 Å². The average molecular weight is 533 g/mol. The Balaban J connectivity index is 1.74. The van der Waals surface area contributed by atoms with Crippen LogP contribution in [0.15, 0.2) is 78.8 Å². The van der Waals surface area contributed by atoms with Crippen molar-refractivity contribution >= 4 is 46.6 Å². The van der Waals surface area contributed by atoms with Crippen LogP contribution in [0, 0.1) is 0 Å². The number of imidazole rings is 1. The summed E-state index contributed by atoms with van der Waals surface area (Å²) >= 11 is 3.17. The predicted molar refractivity (Wildman–Crippen MR) is 150 cm³/mol. The number of esters is 1. The van der Waals surface area contributed by atoms with E-state index in [1.807, 2.05) is 70.9 Å². The lowest BCUT2D eigenvalue weighted by Gasteiger charge is -2.17. The second kappa shape index (κ2) is 13.0. The third-order valence-corrected chi connectivity index (χ3v) is 7.18. The summed E-state index contributed by atoms with van der Waals surface area (Å²) in [6.45, 7) is 0.587. The van der Waals surface area contributed by atoms with Gasteiger partial charge >= 0.3 is 5.97 Å². The normalized spacial score (nSPS) is 12.2. The van der Waals surface area contributed by atoms with E-state index >= 15 is 0 Å². The first kappa shape index (κ1) is 26.4. The lowest BCUT2D eigenvalue weighted by molar-refractivity contribution is -0.142. The number of thiazole rings is 1. The molecule has 0 radical (unpaired) electrons. The number of hydrogen-bond acceptors (Lipinski definition) is 7. The summed E-state index contributed by atoms with van der Waals surface area (Å²) in [6, 6.07) is 14.9. The largest absolute Gasteiger partial charge is 0.467 e. The van der Waals surface area contributed by atoms with Crippen molar-refractivity contribution in [3.63, 3.8) is 0 Å². The molecule has 0 aliphatic rings. The Labute approximate surface area is 224 Å². The Morgan fingerprint density at radius 1 is 1.16 bits per heavy atom. The molecule has 0 bridgehead atoms. The summed E-state index contributed by atoms with van der Waals surface area (Å²) in [6.07, 6.45) is 11.7. The maximum Gasteiger partial charge on any atom is 0.328 e. The fourth-order valence-electron chi connectivity index (χ4n) is 3.87. The number of methoxy groups -OCH3 is 1. The van der Waals surface area contributed by atoms with Crippen LogP contribution in [0.5, 0.6) is 0 Å². The predicted octanol–water partition coefficient (Wildman–Crippen LogP) is 5.27. The number of nitrogens with one attached hydrogen (secondary N) is 1. The molecule has 0 aliphatic carbocycles. The Morgan fingerprint density at radius 2 is 2.00 bits per heavy atom. The Hall–Kier alpha value is -3.69. The fraction of sp³-hybridized carbons (Fsp3) is 0.214. The highest BCUT2D eigenvalue weighted by Gasteiger charge is 2.22. The van der Waals surface area contributed by atoms with Crippen LogP contribution in [0.4, 0.5) is 0 Å². The van der Waals surface area contributed by atoms with Crippen molar-refractivity contribution in [2.75, 3.05) is 19.1 Å². The van der Waals surface area contributed by atoms with E-state index in [9.17, 15) is 9.59 Å². The van der Waals surface area contributed by atoms with Crippen molar-refractivity contribution < 1.29 is 14.3 Å². The van der Waals surface area contributed by atoms with E-state index in [0.717, 1.165) is 33.0 Å². The van der Waals surface area contributed by atoms with Crippen LogP contribution in [-0.4, -0.2) is 51.6 Å². The molecule has 0 aliphatic heterocycles. The fourth-order valence-corrected chi connectivity index (χ4v) is 4.99. The minimum atomic E-state index is -0.712. The van der Waals surface area contributed by atoms with Gasteiger partial charge in [-0.2, -0.15) is 11.8 Å². The molecule has 2 aromatic heterocycles. The van der Waals surface area contributed by atoms with Crippen molar-refractivity contribution in [1.82, 2.24) is 19.9 Å². The Morgan fingerprint density at radius 3 is 2.68 bits per heavy atom. The number of ether oxygens (including phenoxy) is 1. The third kappa shape index (κ3) is 7.18. The number of aromatic nitrogens is 3. The monoisotopic (exact) mass is 532 g/mol. The summed E-state index contributed by atoms with van der Waals surface area (Å²) < 4.78 is 6.90. The van der Waals surface area contributed by atoms with Gasteiger partial charge in [0.1, 0.15) is 11.0 Å². The van der Waals surface area contributed by atoms with Gasteiger partial charge < -0.3 is 14.6 Å². The molecule has 1 atom stereocenters. The van der Waals surface area contributed by atoms with Crippen molar-refractivity contribution in [2.45, 2.75) is 19.0 Å². The zero-order valence-corrected chi connectivity index (χ0v) is 22.3. The summed E-state index contributed by atoms with van der Waals surface area (Å²) in [7, 11) is 1.33. The summed E-state index contributed by atoms with van der Waals surface area (Å²) in [4.78, 5) is 34.3. The molecule has 2 heterocycles. The topological polar surface area (TPSA) is 86.1 Å². The molecule has 0 fully saturated rings. The molecule has 1 N–H and O–H groups in total. The molecular formula is C28H28N4O3S2. The number of thioether (sulfide) groups is 1. The van der Waals surface area contributed by atoms with Crippen LogP contribution in [0.3, 0.4) is 0 Å². The van der Waals surface area contributed by atoms with E-state index in [4.69, 9.17) is 4.74 Å². The number of nitrogens with zero attached hydrogens (tertiary/aromatic N) is 3. The van der Waals surface area contributed by atoms with Gasteiger partial charge in [-0.3, -0.25) is 4.79 Å². The molecule has 9 heteroatoms. The Kier molecular flexibility index (Phi) is 9.29. The van der Waals surface area contributed by atoms with Crippen LogP contribution in [0.25, 0.3) is 22.8 Å². The van der Waals surface area contributed by atoms with E-state index in [2.05, 4.69) is 21.4 Å². The number of carbonyl (C=O) groups is 2. The maximum atomic E-state index is 13.4. The highest BCUT2D eigenvalue weighted by Crippen LogP contribution is 2.27. The quantitative estimate of drug-likeness (QED) is 0.265. The van der Waals surface area contributed by atoms with Crippen LogP contribution in [-0.2, 0) is 16.1 Å². The molecule has 1 amide bonds. The van der Waals surface area contributed by atoms with E-state index in [0.29, 0.717) is 18.5 Å². The number of carbonyl (C=O) groups excluding carboxylic acids is 2. The minimum Gasteiger partial charge on any atom is -0.467 e. The van der Waals surface area contributed by atoms with Crippen molar-refractivity contribution in [3.8, 4) is 11.1 Å². The van der Waals surface area contributed by atoms with Gasteiger partial charge in [-0.1, -0.05) is 30.3 Å². The summed E-state index contributed by atoms with van der Waals surface area (Å²) in [5.41, 5.74) is 4.21. The van der Waals surface area contributed by atoms with Gasteiger partial charge in [0.25, 0.3) is 5.91 Å². The number of benzene rings is 2. The second-order valence-electron chi connectivity index (χ2n) is 8.28. The molecular weight excluding hydrogens is 504 g/mol. The van der Waals surface area contributed by atoms with Crippen LogP contribution in [0.1, 0.15) is 27.3 Å². The summed E-state index contributed by atoms with van der Waals surface area (Å²) in [5, 5.41) is 5.71. The van der Waals surface area contributed by atoms with Gasteiger partial charge in [0, 0.05) is 35.1 Å². The first-order chi connectivity index (χ1) is 18.1. The van der Waals surface area contributed by atoms with E-state index in [-0.39, 0.29) is 5.91 Å². The zero-order valence-electron chi connectivity index (χ0n) is 20.7. The number of hydrogen-bond donors (Lipinski definition) is 1. The molecule has 4 aromatic rings. The molecule has 190 valence electrons. The SMILES string of the molecule is COC(=O)[C@H](CCSC)NC(=O)c1cc(C=C(Cn2ccnc2)c2nccs2)cc(-c2ccccc2)c1. The lowest BCUT2D eigenvalue weighted by Crippen LogP contribution is -2.42. The van der Waals surface area contributed by atoms with Crippen molar-refractivity contribution in [3.05, 3.63) is 95.0 Å². The third-order valence-electron chi connectivity index (χ3n) is 5.69. The molecule has 4 rings (SSSR count). The molecule has 2 aromatic carbocycles. The van der Waals surface area contributed by atoms with Gasteiger partial charge in [-0.15, -0.1) is 11.3 Å². The number of allylic oxidation sites excluding steroid dienone is 1. The van der Waals surface area contributed by atoms with Gasteiger partial charge in [-0.25, -0.2) is 14.8 Å². The van der Waals surface area contributed by atoms with E-state index in [1.165, 1.54) is 7.11 Å². The van der Waals surface area contributed by atoms with Crippen molar-refractivity contribution in [2.24, 2.45) is 0 Å². The van der Waals surface area contributed by atoms with E-state index in [1.54, 1.807) is 41.8 Å². The molecule has 0 unspecified atom stereocenters.